The summed E-state index contributed by atoms with van der Waals surface area (Å²) in [5, 5.41) is 7.51. The number of thiophene rings is 2. The van der Waals surface area contributed by atoms with Crippen molar-refractivity contribution in [3.63, 3.8) is 0 Å². The highest BCUT2D eigenvalue weighted by molar-refractivity contribution is 7.26. The quantitative estimate of drug-likeness (QED) is 0.178. The van der Waals surface area contributed by atoms with Crippen molar-refractivity contribution < 1.29 is 4.42 Å². The van der Waals surface area contributed by atoms with E-state index < -0.39 is 0 Å². The second-order valence-electron chi connectivity index (χ2n) is 13.3. The van der Waals surface area contributed by atoms with Crippen molar-refractivity contribution in [3.05, 3.63) is 176 Å². The molecule has 0 aliphatic rings. The van der Waals surface area contributed by atoms with Gasteiger partial charge in [0.15, 0.2) is 0 Å². The van der Waals surface area contributed by atoms with Crippen LogP contribution in [0, 0.1) is 0 Å². The van der Waals surface area contributed by atoms with Gasteiger partial charge in [-0.15, -0.1) is 22.7 Å². The molecule has 0 aliphatic heterocycles. The molecule has 2 nitrogen and oxygen atoms in total. The van der Waals surface area contributed by atoms with Crippen LogP contribution in [0.1, 0.15) is 0 Å². The van der Waals surface area contributed by atoms with Gasteiger partial charge in [0.1, 0.15) is 11.2 Å². The molecular weight excluding hydrogens is 671 g/mol. The summed E-state index contributed by atoms with van der Waals surface area (Å²) in [4.78, 5) is 2.35. The van der Waals surface area contributed by atoms with E-state index in [4.69, 9.17) is 4.42 Å². The fourth-order valence-corrected chi connectivity index (χ4v) is 10.1. The van der Waals surface area contributed by atoms with Gasteiger partial charge < -0.3 is 9.32 Å². The average Bonchev–Trinajstić information content (AvgIpc) is 3.89. The number of anilines is 3. The van der Waals surface area contributed by atoms with E-state index in [9.17, 15) is 0 Å². The summed E-state index contributed by atoms with van der Waals surface area (Å²) < 4.78 is 11.7. The van der Waals surface area contributed by atoms with E-state index in [2.05, 4.69) is 169 Å². The average molecular weight is 700 g/mol. The van der Waals surface area contributed by atoms with Crippen molar-refractivity contribution >= 4 is 102 Å². The first-order chi connectivity index (χ1) is 25.7. The molecule has 11 rings (SSSR count). The van der Waals surface area contributed by atoms with E-state index in [1.165, 1.54) is 62.6 Å². The molecule has 0 unspecified atom stereocenters. The maximum absolute atomic E-state index is 6.40. The third kappa shape index (κ3) is 4.69. The zero-order chi connectivity index (χ0) is 34.2. The van der Waals surface area contributed by atoms with Gasteiger partial charge >= 0.3 is 0 Å². The lowest BCUT2D eigenvalue weighted by Crippen LogP contribution is -2.10. The molecule has 0 bridgehead atoms. The summed E-state index contributed by atoms with van der Waals surface area (Å²) in [5.74, 6) is 0. The Bertz CT molecular complexity index is 3150. The summed E-state index contributed by atoms with van der Waals surface area (Å²) in [7, 11) is 0. The van der Waals surface area contributed by atoms with Gasteiger partial charge in [-0.1, -0.05) is 97.1 Å². The van der Waals surface area contributed by atoms with E-state index in [-0.39, 0.29) is 0 Å². The van der Waals surface area contributed by atoms with Gasteiger partial charge in [-0.3, -0.25) is 0 Å². The number of nitrogens with zero attached hydrogens (tertiary/aromatic N) is 1. The van der Waals surface area contributed by atoms with Crippen molar-refractivity contribution in [2.24, 2.45) is 0 Å². The van der Waals surface area contributed by atoms with Crippen LogP contribution < -0.4 is 4.90 Å². The largest absolute Gasteiger partial charge is 0.456 e. The van der Waals surface area contributed by atoms with Gasteiger partial charge in [-0.25, -0.2) is 0 Å². The number of hydrogen-bond acceptors (Lipinski definition) is 4. The van der Waals surface area contributed by atoms with Crippen LogP contribution in [0.3, 0.4) is 0 Å². The maximum atomic E-state index is 6.40. The monoisotopic (exact) mass is 699 g/mol. The Balaban J connectivity index is 1.06. The Morgan fingerprint density at radius 1 is 0.346 bits per heavy atom. The standard InChI is InChI=1S/C48H29NOS2/c1-4-15-42-37(11-1)38-25-24-35(29-43(38)50-42)49(33-22-19-30(20-23-33)36-14-8-18-47-48(36)40-13-3-6-17-45(40)52-47)34-10-7-9-31(27-34)32-21-26-46-41(28-32)39-12-2-5-16-44(39)51-46/h1-29H. The van der Waals surface area contributed by atoms with Crippen molar-refractivity contribution in [3.8, 4) is 22.3 Å². The molecule has 0 fully saturated rings. The van der Waals surface area contributed by atoms with Crippen LogP contribution >= 0.6 is 22.7 Å². The minimum atomic E-state index is 0.877. The Labute approximate surface area is 308 Å². The van der Waals surface area contributed by atoms with Gasteiger partial charge in [0.05, 0.1) is 0 Å². The summed E-state index contributed by atoms with van der Waals surface area (Å²) >= 11 is 3.71. The molecule has 3 heterocycles. The Morgan fingerprint density at radius 2 is 0.962 bits per heavy atom. The van der Waals surface area contributed by atoms with Gasteiger partial charge in [-0.2, -0.15) is 0 Å². The van der Waals surface area contributed by atoms with E-state index in [1.54, 1.807) is 0 Å². The minimum Gasteiger partial charge on any atom is -0.456 e. The highest BCUT2D eigenvalue weighted by Gasteiger charge is 2.18. The van der Waals surface area contributed by atoms with Crippen LogP contribution in [-0.2, 0) is 0 Å². The SMILES string of the molecule is c1cc(-c2ccc3sc4ccccc4c3c2)cc(N(c2ccc(-c3cccc4sc5ccccc5c34)cc2)c2ccc3c(c2)oc2ccccc23)c1. The fourth-order valence-electron chi connectivity index (χ4n) is 7.84. The molecule has 0 saturated heterocycles. The number of fused-ring (bicyclic) bond motifs is 9. The van der Waals surface area contributed by atoms with Crippen LogP contribution in [0.15, 0.2) is 180 Å². The second kappa shape index (κ2) is 11.7. The molecule has 244 valence electrons. The molecule has 4 heteroatoms. The molecule has 0 atom stereocenters. The van der Waals surface area contributed by atoms with Crippen LogP contribution in [0.25, 0.3) is 84.5 Å². The normalized spacial score (nSPS) is 11.8. The van der Waals surface area contributed by atoms with E-state index in [0.29, 0.717) is 0 Å². The summed E-state index contributed by atoms with van der Waals surface area (Å²) in [6.45, 7) is 0. The van der Waals surface area contributed by atoms with Gasteiger partial charge in [0.2, 0.25) is 0 Å². The van der Waals surface area contributed by atoms with Crippen LogP contribution in [0.5, 0.6) is 0 Å². The first kappa shape index (κ1) is 29.5. The molecule has 11 aromatic rings. The van der Waals surface area contributed by atoms with E-state index in [0.717, 1.165) is 39.0 Å². The Kier molecular flexibility index (Phi) is 6.63. The smallest absolute Gasteiger partial charge is 0.137 e. The van der Waals surface area contributed by atoms with Crippen LogP contribution in [-0.4, -0.2) is 0 Å². The number of benzene rings is 8. The summed E-state index contributed by atoms with van der Waals surface area (Å²) in [6, 6.07) is 63.8. The predicted molar refractivity (Wildman–Crippen MR) is 225 cm³/mol. The van der Waals surface area contributed by atoms with Gasteiger partial charge in [-0.05, 0) is 95.1 Å². The zero-order valence-corrected chi connectivity index (χ0v) is 29.5. The van der Waals surface area contributed by atoms with Crippen molar-refractivity contribution in [1.29, 1.82) is 0 Å². The number of para-hydroxylation sites is 1. The number of rotatable bonds is 5. The molecular formula is C48H29NOS2. The molecule has 0 saturated carbocycles. The summed E-state index contributed by atoms with van der Waals surface area (Å²) in [6.07, 6.45) is 0. The van der Waals surface area contributed by atoms with E-state index >= 15 is 0 Å². The van der Waals surface area contributed by atoms with Crippen molar-refractivity contribution in [1.82, 2.24) is 0 Å². The Morgan fingerprint density at radius 3 is 1.85 bits per heavy atom. The van der Waals surface area contributed by atoms with Crippen molar-refractivity contribution in [2.75, 3.05) is 4.90 Å². The van der Waals surface area contributed by atoms with Crippen LogP contribution in [0.2, 0.25) is 0 Å². The fraction of sp³-hybridized carbons (Fsp3) is 0. The van der Waals surface area contributed by atoms with E-state index in [1.807, 2.05) is 34.8 Å². The van der Waals surface area contributed by atoms with Gasteiger partial charge in [0, 0.05) is 74.2 Å². The summed E-state index contributed by atoms with van der Waals surface area (Å²) in [5.41, 5.74) is 9.84. The lowest BCUT2D eigenvalue weighted by atomic mass is 9.99. The molecule has 0 radical (unpaired) electrons. The van der Waals surface area contributed by atoms with Gasteiger partial charge in [0.25, 0.3) is 0 Å². The Hall–Kier alpha value is -6.20. The number of furan rings is 1. The first-order valence-corrected chi connectivity index (χ1v) is 19.1. The van der Waals surface area contributed by atoms with Crippen molar-refractivity contribution in [2.45, 2.75) is 0 Å². The maximum Gasteiger partial charge on any atom is 0.137 e. The minimum absolute atomic E-state index is 0.877. The number of hydrogen-bond donors (Lipinski definition) is 0. The molecule has 0 N–H and O–H groups in total. The second-order valence-corrected chi connectivity index (χ2v) is 15.5. The third-order valence-electron chi connectivity index (χ3n) is 10.3. The molecule has 0 spiro atoms. The highest BCUT2D eigenvalue weighted by Crippen LogP contribution is 2.43. The molecule has 52 heavy (non-hydrogen) atoms. The molecule has 0 aliphatic carbocycles. The molecule has 0 amide bonds. The molecule has 3 aromatic heterocycles. The zero-order valence-electron chi connectivity index (χ0n) is 27.9. The van der Waals surface area contributed by atoms with Crippen LogP contribution in [0.4, 0.5) is 17.1 Å². The lowest BCUT2D eigenvalue weighted by molar-refractivity contribution is 0.669. The third-order valence-corrected chi connectivity index (χ3v) is 12.6. The molecule has 8 aromatic carbocycles. The highest BCUT2D eigenvalue weighted by atomic mass is 32.1. The lowest BCUT2D eigenvalue weighted by Gasteiger charge is -2.26. The first-order valence-electron chi connectivity index (χ1n) is 17.5. The predicted octanol–water partition coefficient (Wildman–Crippen LogP) is 15.1. The topological polar surface area (TPSA) is 16.4 Å².